The van der Waals surface area contributed by atoms with E-state index < -0.39 is 32.5 Å². The number of hydrogen-bond donors (Lipinski definition) is 3. The van der Waals surface area contributed by atoms with Crippen molar-refractivity contribution in [1.82, 2.24) is 4.72 Å². The minimum absolute atomic E-state index is 0.0223. The Morgan fingerprint density at radius 3 is 2.50 bits per heavy atom. The molecule has 20 heavy (non-hydrogen) atoms. The van der Waals surface area contributed by atoms with Gasteiger partial charge in [0, 0.05) is 18.7 Å². The molecule has 0 bridgehead atoms. The fourth-order valence-corrected chi connectivity index (χ4v) is 2.68. The van der Waals surface area contributed by atoms with E-state index in [-0.39, 0.29) is 18.7 Å². The van der Waals surface area contributed by atoms with Gasteiger partial charge in [0.25, 0.3) is 0 Å². The Bertz CT molecular complexity index is 605. The third-order valence-electron chi connectivity index (χ3n) is 2.45. The molecule has 0 aromatic heterocycles. The van der Waals surface area contributed by atoms with Gasteiger partial charge in [0.2, 0.25) is 15.9 Å². The van der Waals surface area contributed by atoms with Gasteiger partial charge in [-0.15, -0.1) is 0 Å². The molecule has 0 aliphatic carbocycles. The number of primary amides is 1. The first-order valence-corrected chi connectivity index (χ1v) is 7.25. The average Bonchev–Trinajstić information content (AvgIpc) is 2.32. The summed E-state index contributed by atoms with van der Waals surface area (Å²) in [4.78, 5) is 9.64. The van der Waals surface area contributed by atoms with Crippen LogP contribution in [0.2, 0.25) is 0 Å². The predicted molar refractivity (Wildman–Crippen MR) is 69.0 cm³/mol. The van der Waals surface area contributed by atoms with Crippen LogP contribution in [0.15, 0.2) is 17.0 Å². The van der Waals surface area contributed by atoms with Crippen LogP contribution in [0.3, 0.4) is 0 Å². The Kier molecular flexibility index (Phi) is 5.40. The summed E-state index contributed by atoms with van der Waals surface area (Å²) in [6.45, 7) is -0.0223. The zero-order chi connectivity index (χ0) is 15.3. The van der Waals surface area contributed by atoms with Gasteiger partial charge in [0.1, 0.15) is 4.90 Å². The quantitative estimate of drug-likeness (QED) is 0.502. The highest BCUT2D eigenvalue weighted by Gasteiger charge is 2.22. The monoisotopic (exact) mass is 307 g/mol. The Labute approximate surface area is 115 Å². The maximum absolute atomic E-state index is 13.4. The summed E-state index contributed by atoms with van der Waals surface area (Å²) in [5, 5.41) is 0. The van der Waals surface area contributed by atoms with E-state index >= 15 is 0 Å². The zero-order valence-electron chi connectivity index (χ0n) is 10.5. The molecule has 6 nitrogen and oxygen atoms in total. The Morgan fingerprint density at radius 2 is 1.90 bits per heavy atom. The van der Waals surface area contributed by atoms with Gasteiger partial charge in [-0.3, -0.25) is 4.79 Å². The van der Waals surface area contributed by atoms with Gasteiger partial charge in [-0.25, -0.2) is 21.9 Å². The van der Waals surface area contributed by atoms with E-state index in [0.29, 0.717) is 18.9 Å². The van der Waals surface area contributed by atoms with Crippen molar-refractivity contribution in [2.24, 2.45) is 5.73 Å². The van der Waals surface area contributed by atoms with Crippen molar-refractivity contribution in [2.75, 3.05) is 12.3 Å². The van der Waals surface area contributed by atoms with Crippen LogP contribution < -0.4 is 16.2 Å². The first-order chi connectivity index (χ1) is 9.24. The Hall–Kier alpha value is -1.74. The van der Waals surface area contributed by atoms with Crippen LogP contribution in [0.25, 0.3) is 0 Å². The number of carbonyl (C=O) groups is 1. The van der Waals surface area contributed by atoms with E-state index in [9.17, 15) is 22.0 Å². The number of nitrogens with one attached hydrogen (secondary N) is 1. The fraction of sp³-hybridized carbons (Fsp3) is 0.364. The van der Waals surface area contributed by atoms with Crippen molar-refractivity contribution >= 4 is 21.6 Å². The van der Waals surface area contributed by atoms with Gasteiger partial charge in [-0.05, 0) is 25.0 Å². The molecule has 1 aromatic carbocycles. The highest BCUT2D eigenvalue weighted by Crippen LogP contribution is 2.20. The molecule has 1 amide bonds. The number of sulfonamides is 1. The molecule has 0 heterocycles. The average molecular weight is 307 g/mol. The van der Waals surface area contributed by atoms with Gasteiger partial charge in [-0.2, -0.15) is 0 Å². The predicted octanol–water partition coefficient (Wildman–Crippen LogP) is 0.481. The maximum atomic E-state index is 13.4. The summed E-state index contributed by atoms with van der Waals surface area (Å²) < 4.78 is 52.2. The Morgan fingerprint density at radius 1 is 1.25 bits per heavy atom. The number of benzene rings is 1. The van der Waals surface area contributed by atoms with Crippen molar-refractivity contribution < 1.29 is 22.0 Å². The number of carbonyl (C=O) groups excluding carboxylic acids is 1. The van der Waals surface area contributed by atoms with Gasteiger partial charge in [-0.1, -0.05) is 0 Å². The summed E-state index contributed by atoms with van der Waals surface area (Å²) >= 11 is 0. The Balaban J connectivity index is 2.72. The lowest BCUT2D eigenvalue weighted by Crippen LogP contribution is -2.26. The van der Waals surface area contributed by atoms with Gasteiger partial charge >= 0.3 is 0 Å². The van der Waals surface area contributed by atoms with Crippen LogP contribution in [-0.4, -0.2) is 20.9 Å². The molecule has 0 fully saturated rings. The van der Waals surface area contributed by atoms with E-state index in [1.807, 2.05) is 0 Å². The number of nitrogen functional groups attached to an aromatic ring is 1. The van der Waals surface area contributed by atoms with Crippen LogP contribution in [0.1, 0.15) is 19.3 Å². The number of amides is 1. The maximum Gasteiger partial charge on any atom is 0.243 e. The number of anilines is 1. The molecule has 9 heteroatoms. The summed E-state index contributed by atoms with van der Waals surface area (Å²) in [5.41, 5.74) is 10.0. The molecule has 0 atom stereocenters. The SMILES string of the molecule is NC(=O)CCCCNS(=O)(=O)c1cc(N)cc(F)c1F. The van der Waals surface area contributed by atoms with Crippen molar-refractivity contribution in [1.29, 1.82) is 0 Å². The number of halogens is 2. The molecule has 1 rings (SSSR count). The second-order valence-electron chi connectivity index (χ2n) is 4.14. The van der Waals surface area contributed by atoms with E-state index in [4.69, 9.17) is 11.5 Å². The molecule has 5 N–H and O–H groups in total. The first-order valence-electron chi connectivity index (χ1n) is 5.76. The lowest BCUT2D eigenvalue weighted by Gasteiger charge is -2.08. The second-order valence-corrected chi connectivity index (χ2v) is 5.87. The summed E-state index contributed by atoms with van der Waals surface area (Å²) in [6.07, 6.45) is 0.864. The summed E-state index contributed by atoms with van der Waals surface area (Å²) in [6, 6.07) is 1.53. The normalized spacial score (nSPS) is 11.5. The summed E-state index contributed by atoms with van der Waals surface area (Å²) in [5.74, 6) is -3.31. The number of rotatable bonds is 7. The molecule has 0 saturated carbocycles. The molecule has 0 spiro atoms. The highest BCUT2D eigenvalue weighted by atomic mass is 32.2. The van der Waals surface area contributed by atoms with E-state index in [1.165, 1.54) is 0 Å². The number of hydrogen-bond acceptors (Lipinski definition) is 4. The molecular weight excluding hydrogens is 292 g/mol. The van der Waals surface area contributed by atoms with Crippen LogP contribution >= 0.6 is 0 Å². The molecule has 0 unspecified atom stereocenters. The number of nitrogens with two attached hydrogens (primary N) is 2. The van der Waals surface area contributed by atoms with Crippen molar-refractivity contribution in [3.63, 3.8) is 0 Å². The lowest BCUT2D eigenvalue weighted by atomic mass is 10.2. The molecule has 0 aliphatic rings. The third kappa shape index (κ3) is 4.42. The molecule has 1 aromatic rings. The van der Waals surface area contributed by atoms with Crippen LogP contribution in [0, 0.1) is 11.6 Å². The molecule has 0 saturated heterocycles. The van der Waals surface area contributed by atoms with Crippen molar-refractivity contribution in [3.8, 4) is 0 Å². The van der Waals surface area contributed by atoms with E-state index in [0.717, 1.165) is 6.07 Å². The molecular formula is C11H15F2N3O3S. The molecule has 0 radical (unpaired) electrons. The smallest absolute Gasteiger partial charge is 0.243 e. The molecule has 0 aliphatic heterocycles. The third-order valence-corrected chi connectivity index (χ3v) is 3.91. The van der Waals surface area contributed by atoms with Crippen LogP contribution in [0.4, 0.5) is 14.5 Å². The number of unbranched alkanes of at least 4 members (excludes halogenated alkanes) is 1. The molecule has 112 valence electrons. The topological polar surface area (TPSA) is 115 Å². The van der Waals surface area contributed by atoms with Gasteiger partial charge in [0.05, 0.1) is 0 Å². The van der Waals surface area contributed by atoms with E-state index in [1.54, 1.807) is 0 Å². The lowest BCUT2D eigenvalue weighted by molar-refractivity contribution is -0.118. The fourth-order valence-electron chi connectivity index (χ4n) is 1.49. The summed E-state index contributed by atoms with van der Waals surface area (Å²) in [7, 11) is -4.20. The van der Waals surface area contributed by atoms with Crippen molar-refractivity contribution in [2.45, 2.75) is 24.2 Å². The minimum atomic E-state index is -4.20. The zero-order valence-corrected chi connectivity index (χ0v) is 11.3. The van der Waals surface area contributed by atoms with Crippen LogP contribution in [0.5, 0.6) is 0 Å². The van der Waals surface area contributed by atoms with E-state index in [2.05, 4.69) is 4.72 Å². The second kappa shape index (κ2) is 6.62. The van der Waals surface area contributed by atoms with Crippen LogP contribution in [-0.2, 0) is 14.8 Å². The standard InChI is InChI=1S/C11H15F2N3O3S/c12-8-5-7(14)6-9(11(8)13)20(18,19)16-4-2-1-3-10(15)17/h5-6,16H,1-4,14H2,(H2,15,17). The van der Waals surface area contributed by atoms with Gasteiger partial charge < -0.3 is 11.5 Å². The first kappa shape index (κ1) is 16.3. The largest absolute Gasteiger partial charge is 0.399 e. The van der Waals surface area contributed by atoms with Gasteiger partial charge in [0.15, 0.2) is 11.6 Å². The van der Waals surface area contributed by atoms with Crippen molar-refractivity contribution in [3.05, 3.63) is 23.8 Å². The highest BCUT2D eigenvalue weighted by molar-refractivity contribution is 7.89. The minimum Gasteiger partial charge on any atom is -0.399 e.